The SMILES string of the molecule is N/C(=N/OCC(=O)NC1CCS(=O)(=O)C1)c1ccccc1OCc1ccccc1. The van der Waals surface area contributed by atoms with E-state index >= 15 is 0 Å². The van der Waals surface area contributed by atoms with E-state index in [-0.39, 0.29) is 30.0 Å². The van der Waals surface area contributed by atoms with Crippen molar-refractivity contribution >= 4 is 21.6 Å². The van der Waals surface area contributed by atoms with Gasteiger partial charge in [0.25, 0.3) is 5.91 Å². The van der Waals surface area contributed by atoms with Crippen molar-refractivity contribution in [3.05, 3.63) is 65.7 Å². The highest BCUT2D eigenvalue weighted by molar-refractivity contribution is 7.91. The van der Waals surface area contributed by atoms with Gasteiger partial charge in [0.1, 0.15) is 12.4 Å². The average Bonchev–Trinajstić information content (AvgIpc) is 3.05. The van der Waals surface area contributed by atoms with Crippen LogP contribution in [0.2, 0.25) is 0 Å². The van der Waals surface area contributed by atoms with E-state index in [1.165, 1.54) is 0 Å². The average molecular weight is 417 g/mol. The molecule has 2 aromatic rings. The highest BCUT2D eigenvalue weighted by Gasteiger charge is 2.28. The van der Waals surface area contributed by atoms with Crippen molar-refractivity contribution in [3.63, 3.8) is 0 Å². The van der Waals surface area contributed by atoms with Gasteiger partial charge in [-0.15, -0.1) is 0 Å². The molecule has 0 aliphatic carbocycles. The third-order valence-corrected chi connectivity index (χ3v) is 6.12. The number of carbonyl (C=O) groups is 1. The number of hydrogen-bond acceptors (Lipinski definition) is 6. The lowest BCUT2D eigenvalue weighted by Crippen LogP contribution is -2.37. The number of amides is 1. The Kier molecular flexibility index (Phi) is 6.71. The van der Waals surface area contributed by atoms with Crippen LogP contribution in [0.15, 0.2) is 59.8 Å². The van der Waals surface area contributed by atoms with Crippen molar-refractivity contribution in [2.45, 2.75) is 19.1 Å². The number of nitrogens with two attached hydrogens (primary N) is 1. The van der Waals surface area contributed by atoms with E-state index in [4.69, 9.17) is 15.3 Å². The van der Waals surface area contributed by atoms with Gasteiger partial charge in [0, 0.05) is 6.04 Å². The number of carbonyl (C=O) groups excluding carboxylic acids is 1. The minimum absolute atomic E-state index is 0.0454. The van der Waals surface area contributed by atoms with Gasteiger partial charge in [0.2, 0.25) is 0 Å². The third kappa shape index (κ3) is 6.21. The second-order valence-electron chi connectivity index (χ2n) is 6.69. The van der Waals surface area contributed by atoms with Gasteiger partial charge < -0.3 is 20.6 Å². The Morgan fingerprint density at radius 3 is 2.59 bits per heavy atom. The first-order chi connectivity index (χ1) is 13.9. The Labute approximate surface area is 169 Å². The van der Waals surface area contributed by atoms with Gasteiger partial charge in [-0.05, 0) is 24.1 Å². The summed E-state index contributed by atoms with van der Waals surface area (Å²) in [4.78, 5) is 16.9. The molecule has 154 valence electrons. The Bertz CT molecular complexity index is 977. The summed E-state index contributed by atoms with van der Waals surface area (Å²) in [6.45, 7) is 0.0168. The van der Waals surface area contributed by atoms with Crippen LogP contribution in [0.3, 0.4) is 0 Å². The minimum Gasteiger partial charge on any atom is -0.488 e. The molecule has 3 rings (SSSR count). The topological polar surface area (TPSA) is 120 Å². The van der Waals surface area contributed by atoms with Gasteiger partial charge in [0.05, 0.1) is 17.1 Å². The van der Waals surface area contributed by atoms with Crippen molar-refractivity contribution in [2.24, 2.45) is 10.9 Å². The molecule has 8 nitrogen and oxygen atoms in total. The first-order valence-corrected chi connectivity index (χ1v) is 11.0. The summed E-state index contributed by atoms with van der Waals surface area (Å²) in [7, 11) is -3.06. The van der Waals surface area contributed by atoms with E-state index in [9.17, 15) is 13.2 Å². The Balaban J connectivity index is 1.53. The molecule has 0 bridgehead atoms. The van der Waals surface area contributed by atoms with Crippen LogP contribution in [0.1, 0.15) is 17.5 Å². The fourth-order valence-electron chi connectivity index (χ4n) is 2.93. The van der Waals surface area contributed by atoms with Crippen LogP contribution in [0.5, 0.6) is 5.75 Å². The van der Waals surface area contributed by atoms with E-state index in [2.05, 4.69) is 10.5 Å². The molecule has 1 heterocycles. The maximum atomic E-state index is 11.9. The van der Waals surface area contributed by atoms with Gasteiger partial charge in [-0.25, -0.2) is 8.42 Å². The molecule has 1 atom stereocenters. The molecule has 2 aromatic carbocycles. The van der Waals surface area contributed by atoms with Crippen LogP contribution >= 0.6 is 0 Å². The first kappa shape index (κ1) is 20.7. The van der Waals surface area contributed by atoms with Gasteiger partial charge in [-0.2, -0.15) is 0 Å². The molecule has 1 fully saturated rings. The van der Waals surface area contributed by atoms with Crippen molar-refractivity contribution in [1.82, 2.24) is 5.32 Å². The molecule has 1 saturated heterocycles. The zero-order valence-corrected chi connectivity index (χ0v) is 16.6. The molecule has 9 heteroatoms. The van der Waals surface area contributed by atoms with E-state index < -0.39 is 15.7 Å². The standard InChI is InChI=1S/C20H23N3O5S/c21-20(23-28-13-19(24)22-16-10-11-29(25,26)14-16)17-8-4-5-9-18(17)27-12-15-6-2-1-3-7-15/h1-9,16H,10-14H2,(H2,21,23)(H,22,24). The zero-order chi connectivity index (χ0) is 20.7. The van der Waals surface area contributed by atoms with Crippen LogP contribution in [-0.2, 0) is 26.1 Å². The summed E-state index contributed by atoms with van der Waals surface area (Å²) in [5.74, 6) is 0.212. The number of hydrogen-bond donors (Lipinski definition) is 2. The van der Waals surface area contributed by atoms with Crippen molar-refractivity contribution in [2.75, 3.05) is 18.1 Å². The van der Waals surface area contributed by atoms with Gasteiger partial charge in [-0.3, -0.25) is 4.79 Å². The van der Waals surface area contributed by atoms with Crippen molar-refractivity contribution in [1.29, 1.82) is 0 Å². The molecule has 0 radical (unpaired) electrons. The fourth-order valence-corrected chi connectivity index (χ4v) is 4.60. The van der Waals surface area contributed by atoms with Crippen LogP contribution in [0.4, 0.5) is 0 Å². The van der Waals surface area contributed by atoms with Gasteiger partial charge in [0.15, 0.2) is 22.3 Å². The number of benzene rings is 2. The van der Waals surface area contributed by atoms with Crippen LogP contribution in [-0.4, -0.2) is 44.3 Å². The second-order valence-corrected chi connectivity index (χ2v) is 8.92. The summed E-state index contributed by atoms with van der Waals surface area (Å²) >= 11 is 0. The lowest BCUT2D eigenvalue weighted by atomic mass is 10.2. The fraction of sp³-hybridized carbons (Fsp3) is 0.300. The summed E-state index contributed by atoms with van der Waals surface area (Å²) < 4.78 is 28.7. The monoisotopic (exact) mass is 417 g/mol. The lowest BCUT2D eigenvalue weighted by Gasteiger charge is -2.12. The van der Waals surface area contributed by atoms with E-state index in [1.807, 2.05) is 36.4 Å². The summed E-state index contributed by atoms with van der Waals surface area (Å²) in [6, 6.07) is 16.4. The molecule has 29 heavy (non-hydrogen) atoms. The number of nitrogens with one attached hydrogen (secondary N) is 1. The summed E-state index contributed by atoms with van der Waals surface area (Å²) in [5, 5.41) is 6.41. The van der Waals surface area contributed by atoms with E-state index in [1.54, 1.807) is 18.2 Å². The normalized spacial score (nSPS) is 18.2. The predicted octanol–water partition coefficient (Wildman–Crippen LogP) is 1.21. The van der Waals surface area contributed by atoms with Crippen LogP contribution in [0.25, 0.3) is 0 Å². The lowest BCUT2D eigenvalue weighted by molar-refractivity contribution is -0.126. The summed E-state index contributed by atoms with van der Waals surface area (Å²) in [6.07, 6.45) is 0.408. The third-order valence-electron chi connectivity index (χ3n) is 4.36. The minimum atomic E-state index is -3.06. The van der Waals surface area contributed by atoms with Crippen molar-refractivity contribution < 1.29 is 22.8 Å². The maximum absolute atomic E-state index is 11.9. The number of sulfone groups is 1. The zero-order valence-electron chi connectivity index (χ0n) is 15.8. The van der Waals surface area contributed by atoms with Gasteiger partial charge >= 0.3 is 0 Å². The van der Waals surface area contributed by atoms with Gasteiger partial charge in [-0.1, -0.05) is 47.6 Å². The second kappa shape index (κ2) is 9.42. The molecule has 1 aliphatic heterocycles. The number of ether oxygens (including phenoxy) is 1. The van der Waals surface area contributed by atoms with E-state index in [0.29, 0.717) is 24.3 Å². The maximum Gasteiger partial charge on any atom is 0.261 e. The predicted molar refractivity (Wildman–Crippen MR) is 109 cm³/mol. The number of nitrogens with zero attached hydrogens (tertiary/aromatic N) is 1. The highest BCUT2D eigenvalue weighted by atomic mass is 32.2. The molecule has 0 spiro atoms. The molecule has 0 saturated carbocycles. The molecule has 3 N–H and O–H groups in total. The number of oxime groups is 1. The van der Waals surface area contributed by atoms with Crippen LogP contribution in [0, 0.1) is 0 Å². The summed E-state index contributed by atoms with van der Waals surface area (Å²) in [5.41, 5.74) is 7.54. The van der Waals surface area contributed by atoms with E-state index in [0.717, 1.165) is 5.56 Å². The van der Waals surface area contributed by atoms with Crippen molar-refractivity contribution in [3.8, 4) is 5.75 Å². The molecule has 1 unspecified atom stereocenters. The smallest absolute Gasteiger partial charge is 0.261 e. The molecular weight excluding hydrogens is 394 g/mol. The quantitative estimate of drug-likeness (QED) is 0.378. The molecule has 1 amide bonds. The number of amidine groups is 1. The largest absolute Gasteiger partial charge is 0.488 e. The Hall–Kier alpha value is -3.07. The molecule has 0 aromatic heterocycles. The number of rotatable bonds is 8. The molecule has 1 aliphatic rings. The highest BCUT2D eigenvalue weighted by Crippen LogP contribution is 2.19. The Morgan fingerprint density at radius 2 is 1.86 bits per heavy atom. The van der Waals surface area contributed by atoms with Crippen LogP contribution < -0.4 is 15.8 Å². The number of para-hydroxylation sites is 1. The molecular formula is C20H23N3O5S. The first-order valence-electron chi connectivity index (χ1n) is 9.14. The Morgan fingerprint density at radius 1 is 1.14 bits per heavy atom.